The summed E-state index contributed by atoms with van der Waals surface area (Å²) in [5.74, 6) is 0.0542. The van der Waals surface area contributed by atoms with Gasteiger partial charge in [0.25, 0.3) is 0 Å². The van der Waals surface area contributed by atoms with Crippen molar-refractivity contribution in [1.29, 1.82) is 0 Å². The molecule has 1 aliphatic carbocycles. The maximum atomic E-state index is 11.8. The van der Waals surface area contributed by atoms with Crippen LogP contribution in [0.2, 0.25) is 0 Å². The third kappa shape index (κ3) is 3.91. The fraction of sp³-hybridized carbons (Fsp3) is 0.833. The maximum Gasteiger partial charge on any atom is 0.230 e. The van der Waals surface area contributed by atoms with E-state index in [2.05, 4.69) is 17.4 Å². The first-order valence-corrected chi connectivity index (χ1v) is 6.36. The zero-order valence-electron chi connectivity index (χ0n) is 10.6. The molecule has 0 aromatic heterocycles. The van der Waals surface area contributed by atoms with Crippen molar-refractivity contribution in [1.82, 2.24) is 5.32 Å². The number of rotatable bonds is 4. The fourth-order valence-electron chi connectivity index (χ4n) is 2.26. The second-order valence-electron chi connectivity index (χ2n) is 4.88. The summed E-state index contributed by atoms with van der Waals surface area (Å²) in [7, 11) is 0. The lowest BCUT2D eigenvalue weighted by atomic mass is 9.84. The number of nitrogens with one attached hydrogen (secondary N) is 1. The zero-order chi connectivity index (χ0) is 12.8. The van der Waals surface area contributed by atoms with E-state index in [1.165, 1.54) is 19.3 Å². The Morgan fingerprint density at radius 2 is 2.06 bits per heavy atom. The van der Waals surface area contributed by atoms with Gasteiger partial charge in [0.2, 0.25) is 5.91 Å². The molecule has 0 bridgehead atoms. The quantitative estimate of drug-likeness (QED) is 0.301. The van der Waals surface area contributed by atoms with Crippen LogP contribution < -0.4 is 11.1 Å². The number of amides is 1. The van der Waals surface area contributed by atoms with Crippen LogP contribution in [0.1, 0.15) is 46.0 Å². The molecule has 1 saturated carbocycles. The van der Waals surface area contributed by atoms with Crippen LogP contribution in [-0.4, -0.2) is 23.0 Å². The number of carbonyl (C=O) groups excluding carboxylic acids is 1. The van der Waals surface area contributed by atoms with Crippen LogP contribution in [0.3, 0.4) is 0 Å². The minimum atomic E-state index is -0.566. The first-order chi connectivity index (χ1) is 8.08. The Morgan fingerprint density at radius 1 is 1.47 bits per heavy atom. The van der Waals surface area contributed by atoms with E-state index >= 15 is 0 Å². The van der Waals surface area contributed by atoms with Gasteiger partial charge in [-0.3, -0.25) is 4.79 Å². The highest BCUT2D eigenvalue weighted by Gasteiger charge is 2.24. The number of hydrogen-bond donors (Lipinski definition) is 3. The van der Waals surface area contributed by atoms with Gasteiger partial charge in [-0.05, 0) is 38.5 Å². The van der Waals surface area contributed by atoms with Gasteiger partial charge < -0.3 is 16.3 Å². The van der Waals surface area contributed by atoms with E-state index in [-0.39, 0.29) is 17.8 Å². The van der Waals surface area contributed by atoms with E-state index in [1.54, 1.807) is 6.92 Å². The summed E-state index contributed by atoms with van der Waals surface area (Å²) >= 11 is 0. The van der Waals surface area contributed by atoms with E-state index in [1.807, 2.05) is 0 Å². The van der Waals surface area contributed by atoms with Crippen molar-refractivity contribution in [3.63, 3.8) is 0 Å². The molecule has 5 heteroatoms. The lowest BCUT2D eigenvalue weighted by Gasteiger charge is -2.29. The molecular weight excluding hydrogens is 218 g/mol. The van der Waals surface area contributed by atoms with Gasteiger partial charge in [0.15, 0.2) is 5.84 Å². The molecule has 1 fully saturated rings. The summed E-state index contributed by atoms with van der Waals surface area (Å²) in [6.45, 7) is 3.85. The number of oxime groups is 1. The molecule has 0 aliphatic heterocycles. The normalized spacial score (nSPS) is 27.5. The summed E-state index contributed by atoms with van der Waals surface area (Å²) in [5, 5.41) is 14.3. The number of nitrogens with zero attached hydrogens (tertiary/aromatic N) is 1. The summed E-state index contributed by atoms with van der Waals surface area (Å²) < 4.78 is 0. The van der Waals surface area contributed by atoms with Crippen molar-refractivity contribution in [2.75, 3.05) is 0 Å². The molecule has 17 heavy (non-hydrogen) atoms. The smallest absolute Gasteiger partial charge is 0.230 e. The number of nitrogens with two attached hydrogens (primary N) is 1. The standard InChI is InChI=1S/C12H23N3O2/c1-3-9-4-6-10(7-5-9)14-12(16)8(2)11(13)15-17/h8-10,17H,3-7H2,1-2H3,(H2,13,15)(H,14,16). The lowest BCUT2D eigenvalue weighted by molar-refractivity contribution is -0.123. The average Bonchev–Trinajstić information content (AvgIpc) is 2.37. The highest BCUT2D eigenvalue weighted by atomic mass is 16.4. The van der Waals surface area contributed by atoms with Crippen LogP contribution in [0, 0.1) is 11.8 Å². The van der Waals surface area contributed by atoms with Crippen molar-refractivity contribution in [3.8, 4) is 0 Å². The number of hydrogen-bond acceptors (Lipinski definition) is 3. The Bertz CT molecular complexity index is 283. The summed E-state index contributed by atoms with van der Waals surface area (Å²) in [5.41, 5.74) is 5.41. The molecule has 5 nitrogen and oxygen atoms in total. The molecule has 0 saturated heterocycles. The lowest BCUT2D eigenvalue weighted by Crippen LogP contribution is -2.43. The summed E-state index contributed by atoms with van der Waals surface area (Å²) in [6, 6.07) is 0.249. The third-order valence-electron chi connectivity index (χ3n) is 3.72. The van der Waals surface area contributed by atoms with E-state index in [0.717, 1.165) is 18.8 Å². The van der Waals surface area contributed by atoms with Gasteiger partial charge >= 0.3 is 0 Å². The Hall–Kier alpha value is -1.26. The van der Waals surface area contributed by atoms with Crippen LogP contribution in [0.5, 0.6) is 0 Å². The van der Waals surface area contributed by atoms with E-state index < -0.39 is 5.92 Å². The molecule has 0 radical (unpaired) electrons. The van der Waals surface area contributed by atoms with Crippen LogP contribution in [0.15, 0.2) is 5.16 Å². The minimum absolute atomic E-state index is 0.0373. The van der Waals surface area contributed by atoms with Gasteiger partial charge in [0.1, 0.15) is 0 Å². The van der Waals surface area contributed by atoms with Crippen molar-refractivity contribution in [3.05, 3.63) is 0 Å². The molecule has 0 heterocycles. The second kappa shape index (κ2) is 6.47. The molecule has 1 rings (SSSR count). The van der Waals surface area contributed by atoms with Gasteiger partial charge in [-0.2, -0.15) is 0 Å². The minimum Gasteiger partial charge on any atom is -0.409 e. The SMILES string of the molecule is CCC1CCC(NC(=O)C(C)C(N)=NO)CC1. The largest absolute Gasteiger partial charge is 0.409 e. The van der Waals surface area contributed by atoms with Gasteiger partial charge in [0.05, 0.1) is 5.92 Å². The summed E-state index contributed by atoms with van der Waals surface area (Å²) in [6.07, 6.45) is 5.65. The van der Waals surface area contributed by atoms with Crippen LogP contribution in [0.4, 0.5) is 0 Å². The van der Waals surface area contributed by atoms with E-state index in [9.17, 15) is 4.79 Å². The molecule has 0 aromatic carbocycles. The van der Waals surface area contributed by atoms with Crippen LogP contribution in [0.25, 0.3) is 0 Å². The van der Waals surface area contributed by atoms with Crippen LogP contribution in [-0.2, 0) is 4.79 Å². The molecule has 0 aromatic rings. The monoisotopic (exact) mass is 241 g/mol. The second-order valence-corrected chi connectivity index (χ2v) is 4.88. The van der Waals surface area contributed by atoms with E-state index in [0.29, 0.717) is 0 Å². The Balaban J connectivity index is 2.38. The Kier molecular flexibility index (Phi) is 5.25. The molecular formula is C12H23N3O2. The van der Waals surface area contributed by atoms with Crippen molar-refractivity contribution in [2.24, 2.45) is 22.7 Å². The van der Waals surface area contributed by atoms with Crippen molar-refractivity contribution in [2.45, 2.75) is 52.0 Å². The molecule has 1 amide bonds. The third-order valence-corrected chi connectivity index (χ3v) is 3.72. The number of carbonyl (C=O) groups is 1. The van der Waals surface area contributed by atoms with Gasteiger partial charge in [-0.1, -0.05) is 18.5 Å². The van der Waals surface area contributed by atoms with Crippen molar-refractivity contribution < 1.29 is 10.0 Å². The molecule has 4 N–H and O–H groups in total. The predicted molar refractivity (Wildman–Crippen MR) is 66.8 cm³/mol. The molecule has 1 aliphatic rings. The zero-order valence-corrected chi connectivity index (χ0v) is 10.6. The summed E-state index contributed by atoms with van der Waals surface area (Å²) in [4.78, 5) is 11.8. The maximum absolute atomic E-state index is 11.8. The highest BCUT2D eigenvalue weighted by molar-refractivity contribution is 6.01. The topological polar surface area (TPSA) is 87.7 Å². The van der Waals surface area contributed by atoms with Gasteiger partial charge in [-0.25, -0.2) is 0 Å². The Labute approximate surface area is 102 Å². The Morgan fingerprint density at radius 3 is 2.53 bits per heavy atom. The van der Waals surface area contributed by atoms with Gasteiger partial charge in [-0.15, -0.1) is 0 Å². The van der Waals surface area contributed by atoms with Crippen LogP contribution >= 0.6 is 0 Å². The molecule has 0 spiro atoms. The number of amidine groups is 1. The molecule has 1 unspecified atom stereocenters. The molecule has 98 valence electrons. The molecule has 1 atom stereocenters. The predicted octanol–water partition coefficient (Wildman–Crippen LogP) is 1.45. The first-order valence-electron chi connectivity index (χ1n) is 6.36. The van der Waals surface area contributed by atoms with Gasteiger partial charge in [0, 0.05) is 6.04 Å². The fourth-order valence-corrected chi connectivity index (χ4v) is 2.26. The van der Waals surface area contributed by atoms with Crippen molar-refractivity contribution >= 4 is 11.7 Å². The average molecular weight is 241 g/mol. The highest BCUT2D eigenvalue weighted by Crippen LogP contribution is 2.26. The van der Waals surface area contributed by atoms with E-state index in [4.69, 9.17) is 10.9 Å². The first kappa shape index (κ1) is 13.8.